The highest BCUT2D eigenvalue weighted by atomic mass is 16.5. The molecule has 2 rings (SSSR count). The quantitative estimate of drug-likeness (QED) is 0.439. The summed E-state index contributed by atoms with van der Waals surface area (Å²) in [6, 6.07) is 4.08. The van der Waals surface area contributed by atoms with E-state index in [0.717, 1.165) is 36.4 Å². The number of nitrogens with two attached hydrogens (primary N) is 1. The smallest absolute Gasteiger partial charge is 0.188 e. The second kappa shape index (κ2) is 8.65. The predicted molar refractivity (Wildman–Crippen MR) is 94.3 cm³/mol. The van der Waals surface area contributed by atoms with Crippen LogP contribution in [0.1, 0.15) is 50.7 Å². The number of hydrogen-bond acceptors (Lipinski definition) is 3. The van der Waals surface area contributed by atoms with Crippen molar-refractivity contribution in [2.45, 2.75) is 58.6 Å². The molecule has 0 aliphatic carbocycles. The lowest BCUT2D eigenvalue weighted by atomic mass is 10.1. The van der Waals surface area contributed by atoms with Crippen molar-refractivity contribution in [1.82, 2.24) is 5.32 Å². The van der Waals surface area contributed by atoms with Crippen LogP contribution in [0, 0.1) is 0 Å². The molecular formula is C18H29N3O2. The third-order valence-corrected chi connectivity index (χ3v) is 4.06. The van der Waals surface area contributed by atoms with Gasteiger partial charge >= 0.3 is 0 Å². The number of nitrogens with zero attached hydrogens (tertiary/aromatic N) is 1. The van der Waals surface area contributed by atoms with Crippen LogP contribution < -0.4 is 20.5 Å². The van der Waals surface area contributed by atoms with Gasteiger partial charge in [-0.05, 0) is 25.5 Å². The van der Waals surface area contributed by atoms with E-state index in [1.54, 1.807) is 7.11 Å². The third-order valence-electron chi connectivity index (χ3n) is 4.06. The van der Waals surface area contributed by atoms with Gasteiger partial charge in [0.15, 0.2) is 5.96 Å². The van der Waals surface area contributed by atoms with Crippen molar-refractivity contribution in [3.63, 3.8) is 0 Å². The van der Waals surface area contributed by atoms with Crippen molar-refractivity contribution >= 4 is 5.96 Å². The Kier molecular flexibility index (Phi) is 6.56. The SMILES string of the molecule is CCCCCCNC(N)=NCc1cc2c(cc1OC)CC(C)O2. The van der Waals surface area contributed by atoms with E-state index in [4.69, 9.17) is 15.2 Å². The zero-order chi connectivity index (χ0) is 16.7. The first-order chi connectivity index (χ1) is 11.1. The predicted octanol–water partition coefficient (Wildman–Crippen LogP) is 3.00. The molecule has 0 saturated carbocycles. The Hall–Kier alpha value is -1.91. The maximum absolute atomic E-state index is 5.93. The molecule has 0 radical (unpaired) electrons. The molecule has 1 aromatic carbocycles. The Morgan fingerprint density at radius 2 is 2.22 bits per heavy atom. The van der Waals surface area contributed by atoms with E-state index < -0.39 is 0 Å². The van der Waals surface area contributed by atoms with Gasteiger partial charge < -0.3 is 20.5 Å². The molecule has 23 heavy (non-hydrogen) atoms. The Labute approximate surface area is 139 Å². The van der Waals surface area contributed by atoms with Crippen LogP contribution in [-0.2, 0) is 13.0 Å². The second-order valence-electron chi connectivity index (χ2n) is 6.09. The standard InChI is InChI=1S/C18H29N3O2/c1-4-5-6-7-8-20-18(19)21-12-15-11-17-14(9-13(2)23-17)10-16(15)22-3/h10-11,13H,4-9,12H2,1-3H3,(H3,19,20,21). The molecule has 0 aromatic heterocycles. The molecule has 5 nitrogen and oxygen atoms in total. The van der Waals surface area contributed by atoms with E-state index in [2.05, 4.69) is 30.2 Å². The molecule has 1 unspecified atom stereocenters. The summed E-state index contributed by atoms with van der Waals surface area (Å²) in [7, 11) is 1.68. The monoisotopic (exact) mass is 319 g/mol. The minimum absolute atomic E-state index is 0.225. The summed E-state index contributed by atoms with van der Waals surface area (Å²) < 4.78 is 11.3. The molecular weight excluding hydrogens is 290 g/mol. The van der Waals surface area contributed by atoms with Crippen LogP contribution in [0.4, 0.5) is 0 Å². The highest BCUT2D eigenvalue weighted by molar-refractivity contribution is 5.77. The van der Waals surface area contributed by atoms with Crippen molar-refractivity contribution in [3.05, 3.63) is 23.3 Å². The van der Waals surface area contributed by atoms with Crippen LogP contribution in [0.5, 0.6) is 11.5 Å². The zero-order valence-electron chi connectivity index (χ0n) is 14.5. The second-order valence-corrected chi connectivity index (χ2v) is 6.09. The Bertz CT molecular complexity index is 543. The van der Waals surface area contributed by atoms with Crippen LogP contribution in [0.15, 0.2) is 17.1 Å². The van der Waals surface area contributed by atoms with E-state index in [1.165, 1.54) is 24.8 Å². The molecule has 1 aliphatic rings. The summed E-state index contributed by atoms with van der Waals surface area (Å²) in [5.74, 6) is 2.27. The summed E-state index contributed by atoms with van der Waals surface area (Å²) in [5, 5.41) is 3.16. The molecule has 1 atom stereocenters. The van der Waals surface area contributed by atoms with Crippen LogP contribution in [0.3, 0.4) is 0 Å². The maximum atomic E-state index is 5.93. The Balaban J connectivity index is 1.92. The largest absolute Gasteiger partial charge is 0.496 e. The van der Waals surface area contributed by atoms with Crippen molar-refractivity contribution in [2.24, 2.45) is 10.7 Å². The number of guanidine groups is 1. The number of methoxy groups -OCH3 is 1. The third kappa shape index (κ3) is 5.05. The number of hydrogen-bond donors (Lipinski definition) is 2. The van der Waals surface area contributed by atoms with Gasteiger partial charge in [0.25, 0.3) is 0 Å². The molecule has 0 bridgehead atoms. The minimum atomic E-state index is 0.225. The molecule has 1 heterocycles. The van der Waals surface area contributed by atoms with E-state index in [0.29, 0.717) is 12.5 Å². The van der Waals surface area contributed by atoms with Gasteiger partial charge in [0.2, 0.25) is 0 Å². The van der Waals surface area contributed by atoms with E-state index in [9.17, 15) is 0 Å². The van der Waals surface area contributed by atoms with Gasteiger partial charge in [0, 0.05) is 24.1 Å². The molecule has 3 N–H and O–H groups in total. The van der Waals surface area contributed by atoms with E-state index >= 15 is 0 Å². The Morgan fingerprint density at radius 1 is 1.39 bits per heavy atom. The van der Waals surface area contributed by atoms with Crippen LogP contribution in [0.2, 0.25) is 0 Å². The summed E-state index contributed by atoms with van der Waals surface area (Å²) >= 11 is 0. The normalized spacial score (nSPS) is 16.8. The van der Waals surface area contributed by atoms with Gasteiger partial charge in [-0.2, -0.15) is 0 Å². The summed E-state index contributed by atoms with van der Waals surface area (Å²) in [6.07, 6.45) is 6.01. The van der Waals surface area contributed by atoms with Crippen molar-refractivity contribution in [2.75, 3.05) is 13.7 Å². The van der Waals surface area contributed by atoms with Crippen LogP contribution in [-0.4, -0.2) is 25.7 Å². The topological polar surface area (TPSA) is 68.9 Å². The summed E-state index contributed by atoms with van der Waals surface area (Å²) in [5.41, 5.74) is 8.12. The van der Waals surface area contributed by atoms with Gasteiger partial charge in [-0.15, -0.1) is 0 Å². The lowest BCUT2D eigenvalue weighted by Crippen LogP contribution is -2.32. The number of fused-ring (bicyclic) bond motifs is 1. The number of benzene rings is 1. The van der Waals surface area contributed by atoms with E-state index in [1.807, 2.05) is 6.07 Å². The molecule has 0 amide bonds. The van der Waals surface area contributed by atoms with Crippen molar-refractivity contribution in [3.8, 4) is 11.5 Å². The fraction of sp³-hybridized carbons (Fsp3) is 0.611. The van der Waals surface area contributed by atoms with Gasteiger partial charge in [-0.1, -0.05) is 26.2 Å². The fourth-order valence-electron chi connectivity index (χ4n) is 2.79. The van der Waals surface area contributed by atoms with Gasteiger partial charge in [0.1, 0.15) is 17.6 Å². The fourth-order valence-corrected chi connectivity index (χ4v) is 2.79. The molecule has 1 aromatic rings. The summed E-state index contributed by atoms with van der Waals surface area (Å²) in [6.45, 7) is 5.64. The zero-order valence-corrected chi connectivity index (χ0v) is 14.5. The molecule has 0 saturated heterocycles. The lowest BCUT2D eigenvalue weighted by molar-refractivity contribution is 0.254. The van der Waals surface area contributed by atoms with Gasteiger partial charge in [-0.3, -0.25) is 0 Å². The number of rotatable bonds is 8. The molecule has 0 fully saturated rings. The average Bonchev–Trinajstić information content (AvgIpc) is 2.90. The number of unbranched alkanes of at least 4 members (excludes halogenated alkanes) is 3. The lowest BCUT2D eigenvalue weighted by Gasteiger charge is -2.10. The number of nitrogens with one attached hydrogen (secondary N) is 1. The van der Waals surface area contributed by atoms with Crippen LogP contribution >= 0.6 is 0 Å². The van der Waals surface area contributed by atoms with Crippen molar-refractivity contribution in [1.29, 1.82) is 0 Å². The molecule has 128 valence electrons. The number of aliphatic imine (C=N–C) groups is 1. The first kappa shape index (κ1) is 17.4. The first-order valence-corrected chi connectivity index (χ1v) is 8.54. The average molecular weight is 319 g/mol. The van der Waals surface area contributed by atoms with Gasteiger partial charge in [0.05, 0.1) is 13.7 Å². The van der Waals surface area contributed by atoms with Crippen LogP contribution in [0.25, 0.3) is 0 Å². The minimum Gasteiger partial charge on any atom is -0.496 e. The highest BCUT2D eigenvalue weighted by Crippen LogP contribution is 2.35. The van der Waals surface area contributed by atoms with E-state index in [-0.39, 0.29) is 6.10 Å². The number of ether oxygens (including phenoxy) is 2. The first-order valence-electron chi connectivity index (χ1n) is 8.54. The summed E-state index contributed by atoms with van der Waals surface area (Å²) in [4.78, 5) is 4.41. The molecule has 5 heteroatoms. The van der Waals surface area contributed by atoms with Gasteiger partial charge in [-0.25, -0.2) is 4.99 Å². The molecule has 1 aliphatic heterocycles. The maximum Gasteiger partial charge on any atom is 0.188 e. The highest BCUT2D eigenvalue weighted by Gasteiger charge is 2.21. The van der Waals surface area contributed by atoms with Crippen molar-refractivity contribution < 1.29 is 9.47 Å². The molecule has 0 spiro atoms. The Morgan fingerprint density at radius 3 is 2.96 bits per heavy atom.